The van der Waals surface area contributed by atoms with Crippen LogP contribution in [0.4, 0.5) is 11.4 Å². The van der Waals surface area contributed by atoms with Crippen LogP contribution >= 0.6 is 11.6 Å². The van der Waals surface area contributed by atoms with Crippen LogP contribution in [0.1, 0.15) is 46.4 Å². The number of rotatable bonds is 5. The Morgan fingerprint density at radius 2 is 1.62 bits per heavy atom. The molecule has 0 bridgehead atoms. The van der Waals surface area contributed by atoms with Gasteiger partial charge in [0.15, 0.2) is 0 Å². The van der Waals surface area contributed by atoms with Crippen molar-refractivity contribution in [3.63, 3.8) is 0 Å². The molecule has 2 heterocycles. The molecule has 2 aliphatic rings. The summed E-state index contributed by atoms with van der Waals surface area (Å²) in [5, 5.41) is 3.45. The first-order valence-corrected chi connectivity index (χ1v) is 10.2. The minimum absolute atomic E-state index is 0.0252. The van der Waals surface area contributed by atoms with Gasteiger partial charge in [0.1, 0.15) is 0 Å². The number of piperidine rings is 1. The Kier molecular flexibility index (Phi) is 5.53. The molecule has 0 spiro atoms. The number of benzene rings is 2. The Bertz CT molecular complexity index is 935. The Morgan fingerprint density at radius 3 is 2.28 bits per heavy atom. The zero-order chi connectivity index (χ0) is 20.4. The lowest BCUT2D eigenvalue weighted by atomic mass is 10.1. The average molecular weight is 412 g/mol. The predicted octanol–water partition coefficient (Wildman–Crippen LogP) is 3.96. The van der Waals surface area contributed by atoms with Gasteiger partial charge < -0.3 is 10.2 Å². The summed E-state index contributed by atoms with van der Waals surface area (Å²) in [7, 11) is 0. The fraction of sp³-hybridized carbons (Fsp3) is 0.318. The number of hydrogen-bond donors (Lipinski definition) is 1. The van der Waals surface area contributed by atoms with Crippen LogP contribution in [0.2, 0.25) is 5.02 Å². The first-order chi connectivity index (χ1) is 14.0. The number of nitrogens with zero attached hydrogens (tertiary/aromatic N) is 2. The van der Waals surface area contributed by atoms with Gasteiger partial charge in [-0.1, -0.05) is 23.7 Å². The van der Waals surface area contributed by atoms with E-state index in [1.165, 1.54) is 6.42 Å². The van der Waals surface area contributed by atoms with Gasteiger partial charge in [-0.05, 0) is 49.6 Å². The van der Waals surface area contributed by atoms with Crippen LogP contribution in [-0.4, -0.2) is 42.3 Å². The molecule has 1 saturated heterocycles. The highest BCUT2D eigenvalue weighted by Crippen LogP contribution is 2.31. The van der Waals surface area contributed by atoms with Gasteiger partial charge in [0.25, 0.3) is 11.8 Å². The van der Waals surface area contributed by atoms with E-state index in [0.717, 1.165) is 36.5 Å². The molecular weight excluding hydrogens is 390 g/mol. The van der Waals surface area contributed by atoms with E-state index in [-0.39, 0.29) is 30.7 Å². The number of fused-ring (bicyclic) bond motifs is 1. The minimum atomic E-state index is -0.352. The van der Waals surface area contributed by atoms with E-state index in [9.17, 15) is 14.4 Å². The molecular formula is C22H22ClN3O3. The molecule has 3 amide bonds. The Labute approximate surface area is 174 Å². The largest absolute Gasteiger partial charge is 0.370 e. The molecule has 29 heavy (non-hydrogen) atoms. The topological polar surface area (TPSA) is 69.7 Å². The zero-order valence-electron chi connectivity index (χ0n) is 16.0. The highest BCUT2D eigenvalue weighted by atomic mass is 35.5. The van der Waals surface area contributed by atoms with Gasteiger partial charge in [0, 0.05) is 31.1 Å². The molecule has 0 atom stereocenters. The van der Waals surface area contributed by atoms with E-state index in [4.69, 9.17) is 11.6 Å². The van der Waals surface area contributed by atoms with Crippen LogP contribution in [0.15, 0.2) is 42.5 Å². The zero-order valence-corrected chi connectivity index (χ0v) is 16.7. The lowest BCUT2D eigenvalue weighted by Crippen LogP contribution is -2.33. The van der Waals surface area contributed by atoms with Gasteiger partial charge in [0.05, 0.1) is 22.5 Å². The van der Waals surface area contributed by atoms with Crippen LogP contribution in [-0.2, 0) is 4.79 Å². The normalized spacial score (nSPS) is 16.2. The second-order valence-electron chi connectivity index (χ2n) is 7.31. The number of hydrogen-bond acceptors (Lipinski definition) is 4. The van der Waals surface area contributed by atoms with E-state index in [2.05, 4.69) is 10.2 Å². The molecule has 1 fully saturated rings. The first kappa shape index (κ1) is 19.5. The fourth-order valence-corrected chi connectivity index (χ4v) is 4.06. The molecule has 0 saturated carbocycles. The Balaban J connectivity index is 1.42. The number of halogens is 1. The number of imide groups is 1. The summed E-state index contributed by atoms with van der Waals surface area (Å²) in [4.78, 5) is 40.8. The third kappa shape index (κ3) is 3.98. The molecule has 0 radical (unpaired) electrons. The van der Waals surface area contributed by atoms with Crippen molar-refractivity contribution < 1.29 is 14.4 Å². The molecule has 2 aromatic carbocycles. The molecule has 2 aliphatic heterocycles. The number of anilines is 2. The van der Waals surface area contributed by atoms with Crippen molar-refractivity contribution in [1.82, 2.24) is 4.90 Å². The highest BCUT2D eigenvalue weighted by molar-refractivity contribution is 6.31. The van der Waals surface area contributed by atoms with Gasteiger partial charge >= 0.3 is 0 Å². The summed E-state index contributed by atoms with van der Waals surface area (Å²) in [6, 6.07) is 12.2. The maximum absolute atomic E-state index is 12.6. The Morgan fingerprint density at radius 1 is 0.966 bits per heavy atom. The number of amides is 3. The Hall–Kier alpha value is -2.86. The van der Waals surface area contributed by atoms with Crippen LogP contribution in [0.3, 0.4) is 0 Å². The molecule has 0 aromatic heterocycles. The van der Waals surface area contributed by atoms with Crippen LogP contribution in [0, 0.1) is 0 Å². The summed E-state index contributed by atoms with van der Waals surface area (Å²) in [6.07, 6.45) is 3.48. The van der Waals surface area contributed by atoms with E-state index in [0.29, 0.717) is 21.8 Å². The highest BCUT2D eigenvalue weighted by Gasteiger charge is 2.35. The summed E-state index contributed by atoms with van der Waals surface area (Å²) >= 11 is 6.14. The summed E-state index contributed by atoms with van der Waals surface area (Å²) in [5.41, 5.74) is 2.38. The average Bonchev–Trinajstić information content (AvgIpc) is 2.98. The number of carbonyl (C=O) groups excluding carboxylic acids is 3. The second kappa shape index (κ2) is 8.25. The van der Waals surface area contributed by atoms with E-state index >= 15 is 0 Å². The third-order valence-electron chi connectivity index (χ3n) is 5.37. The van der Waals surface area contributed by atoms with Gasteiger partial charge in [-0.25, -0.2) is 0 Å². The van der Waals surface area contributed by atoms with Crippen LogP contribution in [0.5, 0.6) is 0 Å². The van der Waals surface area contributed by atoms with Crippen molar-refractivity contribution in [2.45, 2.75) is 25.7 Å². The van der Waals surface area contributed by atoms with E-state index in [1.54, 1.807) is 30.3 Å². The standard InChI is InChI=1S/C22H22ClN3O3/c23-15-8-9-19(25-11-4-1-5-12-25)18(14-15)24-20(27)10-13-26-21(28)16-6-2-3-7-17(16)22(26)29/h2-3,6-9,14H,1,4-5,10-13H2,(H,24,27). The summed E-state index contributed by atoms with van der Waals surface area (Å²) in [6.45, 7) is 1.93. The van der Waals surface area contributed by atoms with E-state index in [1.807, 2.05) is 12.1 Å². The predicted molar refractivity (Wildman–Crippen MR) is 113 cm³/mol. The van der Waals surface area contributed by atoms with Crippen molar-refractivity contribution in [3.05, 3.63) is 58.6 Å². The molecule has 6 nitrogen and oxygen atoms in total. The second-order valence-corrected chi connectivity index (χ2v) is 7.75. The minimum Gasteiger partial charge on any atom is -0.370 e. The van der Waals surface area contributed by atoms with Crippen molar-refractivity contribution in [3.8, 4) is 0 Å². The fourth-order valence-electron chi connectivity index (χ4n) is 3.89. The molecule has 0 aliphatic carbocycles. The molecule has 0 unspecified atom stereocenters. The molecule has 4 rings (SSSR count). The van der Waals surface area contributed by atoms with Gasteiger partial charge in [-0.2, -0.15) is 0 Å². The summed E-state index contributed by atoms with van der Waals surface area (Å²) < 4.78 is 0. The van der Waals surface area contributed by atoms with E-state index < -0.39 is 0 Å². The molecule has 2 aromatic rings. The van der Waals surface area contributed by atoms with Gasteiger partial charge in [-0.15, -0.1) is 0 Å². The van der Waals surface area contributed by atoms with Gasteiger partial charge in [-0.3, -0.25) is 19.3 Å². The van der Waals surface area contributed by atoms with Crippen molar-refractivity contribution in [2.75, 3.05) is 29.9 Å². The number of nitrogens with one attached hydrogen (secondary N) is 1. The summed E-state index contributed by atoms with van der Waals surface area (Å²) in [5.74, 6) is -0.965. The first-order valence-electron chi connectivity index (χ1n) is 9.84. The molecule has 1 N–H and O–H groups in total. The molecule has 7 heteroatoms. The lowest BCUT2D eigenvalue weighted by Gasteiger charge is -2.30. The SMILES string of the molecule is O=C(CCN1C(=O)c2ccccc2C1=O)Nc1cc(Cl)ccc1N1CCCCC1. The van der Waals surface area contributed by atoms with Crippen LogP contribution in [0.25, 0.3) is 0 Å². The van der Waals surface area contributed by atoms with Crippen LogP contribution < -0.4 is 10.2 Å². The number of carbonyl (C=O) groups is 3. The maximum Gasteiger partial charge on any atom is 0.261 e. The monoisotopic (exact) mass is 411 g/mol. The van der Waals surface area contributed by atoms with Crippen molar-refractivity contribution in [2.24, 2.45) is 0 Å². The smallest absolute Gasteiger partial charge is 0.261 e. The van der Waals surface area contributed by atoms with Gasteiger partial charge in [0.2, 0.25) is 5.91 Å². The molecule has 150 valence electrons. The van der Waals surface area contributed by atoms with Crippen molar-refractivity contribution in [1.29, 1.82) is 0 Å². The van der Waals surface area contributed by atoms with Crippen molar-refractivity contribution >= 4 is 40.7 Å². The lowest BCUT2D eigenvalue weighted by molar-refractivity contribution is -0.116. The maximum atomic E-state index is 12.6. The quantitative estimate of drug-likeness (QED) is 0.756. The third-order valence-corrected chi connectivity index (χ3v) is 5.61.